The number of hydrogen-bond acceptors (Lipinski definition) is 10. The zero-order chi connectivity index (χ0) is 31.9. The average Bonchev–Trinajstić information content (AvgIpc) is 3.51. The third kappa shape index (κ3) is 6.40. The first-order chi connectivity index (χ1) is 21.6. The maximum Gasteiger partial charge on any atom is 0.417 e. The molecule has 0 amide bonds. The molecule has 0 aromatic carbocycles. The van der Waals surface area contributed by atoms with Gasteiger partial charge in [0.1, 0.15) is 22.4 Å². The molecular formula is C30H27F3N8S4. The molecule has 0 aliphatic carbocycles. The highest BCUT2D eigenvalue weighted by Gasteiger charge is 2.32. The number of rotatable bonds is 9. The normalized spacial score (nSPS) is 12.1. The fourth-order valence-corrected chi connectivity index (χ4v) is 8.23. The van der Waals surface area contributed by atoms with Crippen LogP contribution in [0.15, 0.2) is 68.6 Å². The van der Waals surface area contributed by atoms with Crippen molar-refractivity contribution in [2.75, 3.05) is 11.5 Å². The highest BCUT2D eigenvalue weighted by molar-refractivity contribution is 8.76. The van der Waals surface area contributed by atoms with E-state index < -0.39 is 11.7 Å². The van der Waals surface area contributed by atoms with Gasteiger partial charge in [0.05, 0.1) is 5.56 Å². The van der Waals surface area contributed by atoms with Gasteiger partial charge in [-0.1, -0.05) is 35.4 Å². The Labute approximate surface area is 273 Å². The molecule has 6 heterocycles. The van der Waals surface area contributed by atoms with E-state index in [1.807, 2.05) is 50.0 Å². The smallest absolute Gasteiger partial charge is 0.310 e. The molecular weight excluding hydrogens is 658 g/mol. The minimum Gasteiger partial charge on any atom is -0.310 e. The Morgan fingerprint density at radius 2 is 1.16 bits per heavy atom. The molecule has 6 aromatic rings. The first kappa shape index (κ1) is 31.7. The Balaban J connectivity index is 1.26. The quantitative estimate of drug-likeness (QED) is 0.109. The molecule has 0 N–H and O–H groups in total. The van der Waals surface area contributed by atoms with Crippen molar-refractivity contribution in [3.8, 4) is 23.0 Å². The maximum atomic E-state index is 13.4. The Kier molecular flexibility index (Phi) is 9.05. The van der Waals surface area contributed by atoms with Gasteiger partial charge < -0.3 is 9.13 Å². The summed E-state index contributed by atoms with van der Waals surface area (Å²) in [6.07, 6.45) is 1.83. The highest BCUT2D eigenvalue weighted by atomic mass is 33.1. The Morgan fingerprint density at radius 3 is 1.64 bits per heavy atom. The van der Waals surface area contributed by atoms with Crippen LogP contribution in [0.2, 0.25) is 0 Å². The lowest BCUT2D eigenvalue weighted by atomic mass is 10.2. The van der Waals surface area contributed by atoms with Gasteiger partial charge in [0.25, 0.3) is 0 Å². The molecule has 0 spiro atoms. The van der Waals surface area contributed by atoms with Crippen molar-refractivity contribution < 1.29 is 13.2 Å². The largest absolute Gasteiger partial charge is 0.417 e. The van der Waals surface area contributed by atoms with Crippen LogP contribution in [-0.4, -0.2) is 50.5 Å². The Bertz CT molecular complexity index is 2040. The molecule has 0 saturated carbocycles. The molecule has 6 rings (SSSR count). The molecule has 0 saturated heterocycles. The lowest BCUT2D eigenvalue weighted by molar-refractivity contribution is -0.138. The summed E-state index contributed by atoms with van der Waals surface area (Å²) in [6, 6.07) is 7.20. The number of hydrogen-bond donors (Lipinski definition) is 0. The number of alkyl halides is 3. The predicted molar refractivity (Wildman–Crippen MR) is 178 cm³/mol. The second kappa shape index (κ2) is 12.9. The third-order valence-corrected chi connectivity index (χ3v) is 10.9. The van der Waals surface area contributed by atoms with E-state index in [1.165, 1.54) is 33.3 Å². The standard InChI is InChI=1S/C30H27F3N8S4/c1-6-42-22-8-16(3)12-34-24(22)28-38-20-10-18(14-36-26(20)40(28)4)44-45-19-11-21-27(37-15-19)41(5)29(39-21)25-23(43-7-2)9-17(13-35-25)30(31,32)33/h8-15H,6-7H2,1-5H3. The molecule has 0 aliphatic rings. The number of imidazole rings is 2. The van der Waals surface area contributed by atoms with Crippen LogP contribution in [0.1, 0.15) is 25.0 Å². The number of thioether (sulfide) groups is 2. The van der Waals surface area contributed by atoms with E-state index in [2.05, 4.69) is 23.0 Å². The minimum atomic E-state index is -4.47. The summed E-state index contributed by atoms with van der Waals surface area (Å²) in [4.78, 5) is 31.1. The fraction of sp³-hybridized carbons (Fsp3) is 0.267. The number of nitrogens with zero attached hydrogens (tertiary/aromatic N) is 8. The number of halogens is 3. The second-order valence-corrected chi connectivity index (χ2v) is 14.9. The number of pyridine rings is 4. The van der Waals surface area contributed by atoms with E-state index in [0.29, 0.717) is 33.3 Å². The van der Waals surface area contributed by atoms with Gasteiger partial charge in [-0.25, -0.2) is 19.9 Å². The number of fused-ring (bicyclic) bond motifs is 2. The van der Waals surface area contributed by atoms with E-state index >= 15 is 0 Å². The molecule has 6 aromatic heterocycles. The number of aromatic nitrogens is 8. The van der Waals surface area contributed by atoms with Crippen molar-refractivity contribution in [3.63, 3.8) is 0 Å². The fourth-order valence-electron chi connectivity index (χ4n) is 4.74. The van der Waals surface area contributed by atoms with Crippen molar-refractivity contribution in [2.45, 2.75) is 46.5 Å². The SMILES string of the molecule is CCSc1cc(C)cnc1-c1nc2cc(SSc3cnc4c(c3)nc(-c3ncc(C(F)(F)F)cc3SCC)n4C)cnc2n1C. The van der Waals surface area contributed by atoms with Gasteiger partial charge in [0, 0.05) is 58.5 Å². The minimum absolute atomic E-state index is 0.397. The van der Waals surface area contributed by atoms with Gasteiger partial charge >= 0.3 is 6.18 Å². The van der Waals surface area contributed by atoms with Crippen LogP contribution >= 0.6 is 45.1 Å². The van der Waals surface area contributed by atoms with Crippen molar-refractivity contribution in [1.29, 1.82) is 0 Å². The zero-order valence-electron chi connectivity index (χ0n) is 24.9. The van der Waals surface area contributed by atoms with Crippen molar-refractivity contribution in [1.82, 2.24) is 39.0 Å². The van der Waals surface area contributed by atoms with Crippen LogP contribution in [0.25, 0.3) is 45.4 Å². The van der Waals surface area contributed by atoms with Crippen molar-refractivity contribution in [3.05, 3.63) is 60.2 Å². The van der Waals surface area contributed by atoms with Crippen LogP contribution in [-0.2, 0) is 20.3 Å². The van der Waals surface area contributed by atoms with Crippen LogP contribution in [0, 0.1) is 6.92 Å². The first-order valence-electron chi connectivity index (χ1n) is 13.9. The summed E-state index contributed by atoms with van der Waals surface area (Å²) in [5, 5.41) is 0. The molecule has 232 valence electrons. The zero-order valence-corrected chi connectivity index (χ0v) is 28.1. The van der Waals surface area contributed by atoms with E-state index in [-0.39, 0.29) is 0 Å². The molecule has 0 bridgehead atoms. The molecule has 0 atom stereocenters. The monoisotopic (exact) mass is 684 g/mol. The molecule has 15 heteroatoms. The summed E-state index contributed by atoms with van der Waals surface area (Å²) in [6.45, 7) is 6.04. The Hall–Kier alpha value is -3.27. The lowest BCUT2D eigenvalue weighted by Gasteiger charge is -2.11. The lowest BCUT2D eigenvalue weighted by Crippen LogP contribution is -2.07. The molecule has 0 aliphatic heterocycles. The second-order valence-electron chi connectivity index (χ2n) is 9.98. The van der Waals surface area contributed by atoms with E-state index in [9.17, 15) is 13.2 Å². The first-order valence-corrected chi connectivity index (χ1v) is 18.0. The summed E-state index contributed by atoms with van der Waals surface area (Å²) in [5.74, 6) is 2.76. The third-order valence-electron chi connectivity index (χ3n) is 6.79. The summed E-state index contributed by atoms with van der Waals surface area (Å²) in [5.41, 5.74) is 4.36. The molecule has 45 heavy (non-hydrogen) atoms. The summed E-state index contributed by atoms with van der Waals surface area (Å²) >= 11 is 3.04. The van der Waals surface area contributed by atoms with Gasteiger partial charge in [-0.05, 0) is 48.3 Å². The molecule has 8 nitrogen and oxygen atoms in total. The van der Waals surface area contributed by atoms with Crippen molar-refractivity contribution >= 4 is 67.4 Å². The van der Waals surface area contributed by atoms with Gasteiger partial charge in [-0.15, -0.1) is 23.5 Å². The van der Waals surface area contributed by atoms with Crippen LogP contribution in [0.3, 0.4) is 0 Å². The predicted octanol–water partition coefficient (Wildman–Crippen LogP) is 8.72. The maximum absolute atomic E-state index is 13.4. The van der Waals surface area contributed by atoms with E-state index in [4.69, 9.17) is 19.9 Å². The topological polar surface area (TPSA) is 87.2 Å². The van der Waals surface area contributed by atoms with Crippen molar-refractivity contribution in [2.24, 2.45) is 14.1 Å². The average molecular weight is 685 g/mol. The van der Waals surface area contributed by atoms with E-state index in [1.54, 1.807) is 29.6 Å². The van der Waals surface area contributed by atoms with Gasteiger partial charge in [0.2, 0.25) is 0 Å². The van der Waals surface area contributed by atoms with E-state index in [0.717, 1.165) is 60.9 Å². The number of aryl methyl sites for hydroxylation is 3. The van der Waals surface area contributed by atoms with Crippen LogP contribution in [0.4, 0.5) is 13.2 Å². The van der Waals surface area contributed by atoms with Gasteiger partial charge in [-0.3, -0.25) is 9.97 Å². The Morgan fingerprint density at radius 1 is 0.667 bits per heavy atom. The molecule has 0 radical (unpaired) electrons. The highest BCUT2D eigenvalue weighted by Crippen LogP contribution is 2.40. The van der Waals surface area contributed by atoms with Gasteiger partial charge in [0.15, 0.2) is 22.9 Å². The summed E-state index contributed by atoms with van der Waals surface area (Å²) in [7, 11) is 6.78. The molecule has 0 unspecified atom stereocenters. The van der Waals surface area contributed by atoms with Crippen LogP contribution < -0.4 is 0 Å². The molecule has 0 fully saturated rings. The van der Waals surface area contributed by atoms with Gasteiger partial charge in [-0.2, -0.15) is 13.2 Å². The summed E-state index contributed by atoms with van der Waals surface area (Å²) < 4.78 is 43.8. The van der Waals surface area contributed by atoms with Crippen LogP contribution in [0.5, 0.6) is 0 Å².